The topological polar surface area (TPSA) is 89.4 Å². The molecule has 0 saturated heterocycles. The normalized spacial score (nSPS) is 11.5. The number of fused-ring (bicyclic) bond motifs is 1. The highest BCUT2D eigenvalue weighted by Gasteiger charge is 2.11. The quantitative estimate of drug-likeness (QED) is 0.436. The van der Waals surface area contributed by atoms with Crippen LogP contribution in [0.5, 0.6) is 0 Å². The molecule has 0 aliphatic heterocycles. The van der Waals surface area contributed by atoms with Gasteiger partial charge in [-0.05, 0) is 26.0 Å². The van der Waals surface area contributed by atoms with Gasteiger partial charge in [0, 0.05) is 5.38 Å². The zero-order chi connectivity index (χ0) is 16.9. The van der Waals surface area contributed by atoms with Crippen molar-refractivity contribution in [3.05, 3.63) is 47.2 Å². The van der Waals surface area contributed by atoms with Crippen molar-refractivity contribution in [1.29, 1.82) is 0 Å². The molecule has 2 heterocycles. The molecular formula is C16H15N5O2S. The highest BCUT2D eigenvalue weighted by Crippen LogP contribution is 2.16. The Morgan fingerprint density at radius 3 is 2.83 bits per heavy atom. The summed E-state index contributed by atoms with van der Waals surface area (Å²) in [5.41, 5.74) is 6.08. The van der Waals surface area contributed by atoms with Crippen LogP contribution in [-0.4, -0.2) is 33.2 Å². The Morgan fingerprint density at radius 2 is 2.04 bits per heavy atom. The molecule has 2 aromatic heterocycles. The number of nitrogens with zero attached hydrogens (tertiary/aromatic N) is 4. The molecule has 122 valence electrons. The van der Waals surface area contributed by atoms with Crippen molar-refractivity contribution < 1.29 is 9.53 Å². The number of benzene rings is 1. The zero-order valence-electron chi connectivity index (χ0n) is 13.2. The molecule has 0 fully saturated rings. The van der Waals surface area contributed by atoms with Gasteiger partial charge < -0.3 is 4.74 Å². The number of thiazole rings is 1. The van der Waals surface area contributed by atoms with Crippen LogP contribution in [0.15, 0.2) is 40.9 Å². The summed E-state index contributed by atoms with van der Waals surface area (Å²) in [6.07, 6.45) is 1.68. The van der Waals surface area contributed by atoms with Crippen molar-refractivity contribution in [2.75, 3.05) is 12.0 Å². The van der Waals surface area contributed by atoms with Gasteiger partial charge in [-0.2, -0.15) is 5.10 Å². The van der Waals surface area contributed by atoms with Crippen LogP contribution in [0.3, 0.4) is 0 Å². The van der Waals surface area contributed by atoms with Crippen molar-refractivity contribution in [2.24, 2.45) is 5.10 Å². The van der Waals surface area contributed by atoms with Crippen molar-refractivity contribution in [1.82, 2.24) is 15.0 Å². The van der Waals surface area contributed by atoms with Gasteiger partial charge in [0.1, 0.15) is 5.69 Å². The minimum Gasteiger partial charge on any atom is -0.461 e. The van der Waals surface area contributed by atoms with E-state index in [1.54, 1.807) is 18.5 Å². The molecule has 0 atom stereocenters. The van der Waals surface area contributed by atoms with Crippen LogP contribution in [-0.2, 0) is 4.74 Å². The number of anilines is 1. The summed E-state index contributed by atoms with van der Waals surface area (Å²) in [7, 11) is 0. The number of hydrazone groups is 1. The van der Waals surface area contributed by atoms with Gasteiger partial charge in [-0.25, -0.2) is 14.8 Å². The van der Waals surface area contributed by atoms with E-state index in [9.17, 15) is 4.79 Å². The van der Waals surface area contributed by atoms with Crippen LogP contribution in [0.2, 0.25) is 0 Å². The molecule has 0 spiro atoms. The lowest BCUT2D eigenvalue weighted by atomic mass is 10.2. The molecule has 0 unspecified atom stereocenters. The molecule has 8 heteroatoms. The first kappa shape index (κ1) is 16.0. The number of hydrogen-bond acceptors (Lipinski definition) is 8. The average Bonchev–Trinajstić information content (AvgIpc) is 3.08. The van der Waals surface area contributed by atoms with Gasteiger partial charge in [0.2, 0.25) is 5.13 Å². The Balaban J connectivity index is 1.74. The molecule has 3 aromatic rings. The van der Waals surface area contributed by atoms with Crippen LogP contribution in [0, 0.1) is 0 Å². The third-order valence-electron chi connectivity index (χ3n) is 3.13. The fraction of sp³-hybridized carbons (Fsp3) is 0.188. The Kier molecular flexibility index (Phi) is 4.76. The van der Waals surface area contributed by atoms with Crippen molar-refractivity contribution in [3.63, 3.8) is 0 Å². The first-order valence-corrected chi connectivity index (χ1v) is 8.20. The predicted molar refractivity (Wildman–Crippen MR) is 93.4 cm³/mol. The van der Waals surface area contributed by atoms with E-state index in [-0.39, 0.29) is 5.69 Å². The number of para-hydroxylation sites is 2. The number of esters is 1. The monoisotopic (exact) mass is 341 g/mol. The summed E-state index contributed by atoms with van der Waals surface area (Å²) in [6.45, 7) is 3.89. The number of carbonyl (C=O) groups is 1. The molecule has 0 aliphatic rings. The Bertz CT molecular complexity index is 906. The number of hydrogen-bond donors (Lipinski definition) is 1. The summed E-state index contributed by atoms with van der Waals surface area (Å²) in [5, 5.41) is 6.38. The maximum Gasteiger partial charge on any atom is 0.357 e. The van der Waals surface area contributed by atoms with E-state index in [0.717, 1.165) is 11.0 Å². The lowest BCUT2D eigenvalue weighted by Gasteiger charge is -2.02. The average molecular weight is 341 g/mol. The smallest absolute Gasteiger partial charge is 0.357 e. The maximum atomic E-state index is 11.6. The van der Waals surface area contributed by atoms with E-state index < -0.39 is 5.97 Å². The van der Waals surface area contributed by atoms with Gasteiger partial charge >= 0.3 is 5.97 Å². The molecule has 0 aliphatic carbocycles. The Labute approximate surface area is 142 Å². The third-order valence-corrected chi connectivity index (χ3v) is 3.87. The highest BCUT2D eigenvalue weighted by molar-refractivity contribution is 7.13. The lowest BCUT2D eigenvalue weighted by Crippen LogP contribution is -2.06. The molecule has 0 saturated carbocycles. The van der Waals surface area contributed by atoms with E-state index in [1.807, 2.05) is 31.2 Å². The predicted octanol–water partition coefficient (Wildman–Crippen LogP) is 3.10. The first-order chi connectivity index (χ1) is 11.7. The standard InChI is InChI=1S/C16H15N5O2S/c1-3-23-15(22)14-9-24-16(19-14)21-20-10(2)13-8-17-11-6-4-5-7-12(11)18-13/h4-9H,3H2,1-2H3,(H,19,21). The molecule has 7 nitrogen and oxygen atoms in total. The SMILES string of the molecule is CCOC(=O)c1csc(NN=C(C)c2cnc3ccccc3n2)n1. The third kappa shape index (κ3) is 3.54. The van der Waals surface area contributed by atoms with Gasteiger partial charge in [0.25, 0.3) is 0 Å². The van der Waals surface area contributed by atoms with Crippen LogP contribution in [0.1, 0.15) is 30.0 Å². The second-order valence-electron chi connectivity index (χ2n) is 4.81. The van der Waals surface area contributed by atoms with Crippen LogP contribution in [0.4, 0.5) is 5.13 Å². The largest absolute Gasteiger partial charge is 0.461 e. The van der Waals surface area contributed by atoms with Crippen LogP contribution < -0.4 is 5.43 Å². The van der Waals surface area contributed by atoms with E-state index >= 15 is 0 Å². The van der Waals surface area contributed by atoms with Crippen molar-refractivity contribution in [2.45, 2.75) is 13.8 Å². The fourth-order valence-electron chi connectivity index (χ4n) is 1.94. The number of aromatic nitrogens is 3. The summed E-state index contributed by atoms with van der Waals surface area (Å²) in [6, 6.07) is 7.64. The number of rotatable bonds is 5. The van der Waals surface area contributed by atoms with E-state index in [0.29, 0.717) is 23.1 Å². The Morgan fingerprint density at radius 1 is 1.25 bits per heavy atom. The Hall–Kier alpha value is -2.87. The van der Waals surface area contributed by atoms with E-state index in [2.05, 4.69) is 25.5 Å². The molecule has 0 bridgehead atoms. The van der Waals surface area contributed by atoms with Gasteiger partial charge in [-0.1, -0.05) is 12.1 Å². The number of carbonyl (C=O) groups excluding carboxylic acids is 1. The number of nitrogens with one attached hydrogen (secondary N) is 1. The highest BCUT2D eigenvalue weighted by atomic mass is 32.1. The van der Waals surface area contributed by atoms with Crippen molar-refractivity contribution in [3.8, 4) is 0 Å². The second-order valence-corrected chi connectivity index (χ2v) is 5.67. The zero-order valence-corrected chi connectivity index (χ0v) is 14.0. The van der Waals surface area contributed by atoms with Gasteiger partial charge in [-0.3, -0.25) is 10.4 Å². The summed E-state index contributed by atoms with van der Waals surface area (Å²) < 4.78 is 4.90. The van der Waals surface area contributed by atoms with Crippen molar-refractivity contribution >= 4 is 39.2 Å². The molecule has 24 heavy (non-hydrogen) atoms. The van der Waals surface area contributed by atoms with Gasteiger partial charge in [0.15, 0.2) is 5.69 Å². The molecule has 0 amide bonds. The number of ether oxygens (including phenoxy) is 1. The maximum absolute atomic E-state index is 11.6. The van der Waals surface area contributed by atoms with Crippen LogP contribution in [0.25, 0.3) is 11.0 Å². The summed E-state index contributed by atoms with van der Waals surface area (Å²) in [5.74, 6) is -0.442. The molecule has 0 radical (unpaired) electrons. The molecule has 3 rings (SSSR count). The minimum absolute atomic E-state index is 0.266. The fourth-order valence-corrected chi connectivity index (χ4v) is 2.57. The lowest BCUT2D eigenvalue weighted by molar-refractivity contribution is 0.0520. The summed E-state index contributed by atoms with van der Waals surface area (Å²) >= 11 is 1.28. The molecule has 1 N–H and O–H groups in total. The molecular weight excluding hydrogens is 326 g/mol. The van der Waals surface area contributed by atoms with Gasteiger partial charge in [-0.15, -0.1) is 11.3 Å². The van der Waals surface area contributed by atoms with Crippen LogP contribution >= 0.6 is 11.3 Å². The van der Waals surface area contributed by atoms with E-state index in [4.69, 9.17) is 4.74 Å². The van der Waals surface area contributed by atoms with E-state index in [1.165, 1.54) is 11.3 Å². The first-order valence-electron chi connectivity index (χ1n) is 7.32. The minimum atomic E-state index is -0.442. The van der Waals surface area contributed by atoms with Gasteiger partial charge in [0.05, 0.1) is 29.5 Å². The summed E-state index contributed by atoms with van der Waals surface area (Å²) in [4.78, 5) is 24.6. The second kappa shape index (κ2) is 7.14. The molecule has 1 aromatic carbocycles.